The van der Waals surface area contributed by atoms with E-state index in [-0.39, 0.29) is 42.7 Å². The molecule has 2 unspecified atom stereocenters. The number of morpholine rings is 1. The van der Waals surface area contributed by atoms with Gasteiger partial charge in [-0.15, -0.1) is 24.8 Å². The Morgan fingerprint density at radius 3 is 2.38 bits per heavy atom. The number of amides is 1. The second kappa shape index (κ2) is 12.5. The summed E-state index contributed by atoms with van der Waals surface area (Å²) in [5, 5.41) is 6.14. The Morgan fingerprint density at radius 1 is 1.17 bits per heavy atom. The summed E-state index contributed by atoms with van der Waals surface area (Å²) in [6, 6.07) is 10.6. The molecule has 1 aromatic carbocycles. The van der Waals surface area contributed by atoms with E-state index in [1.54, 1.807) is 0 Å². The monoisotopic (exact) mass is 377 g/mol. The Bertz CT molecular complexity index is 456. The third kappa shape index (κ3) is 6.95. The summed E-state index contributed by atoms with van der Waals surface area (Å²) in [6.07, 6.45) is 0. The van der Waals surface area contributed by atoms with Crippen molar-refractivity contribution < 1.29 is 9.53 Å². The molecule has 0 saturated carbocycles. The van der Waals surface area contributed by atoms with Gasteiger partial charge in [0.1, 0.15) is 0 Å². The zero-order chi connectivity index (χ0) is 15.8. The van der Waals surface area contributed by atoms with E-state index >= 15 is 0 Å². The number of hydrogen-bond acceptors (Lipinski definition) is 4. The molecule has 1 heterocycles. The van der Waals surface area contributed by atoms with E-state index in [0.717, 1.165) is 26.3 Å². The van der Waals surface area contributed by atoms with Crippen LogP contribution in [0, 0.1) is 5.92 Å². The van der Waals surface area contributed by atoms with Gasteiger partial charge in [-0.05, 0) is 12.6 Å². The summed E-state index contributed by atoms with van der Waals surface area (Å²) in [5.41, 5.74) is 1.24. The van der Waals surface area contributed by atoms with Crippen LogP contribution in [-0.2, 0) is 9.53 Å². The highest BCUT2D eigenvalue weighted by Gasteiger charge is 2.23. The number of nitrogens with one attached hydrogen (secondary N) is 2. The number of carbonyl (C=O) groups is 1. The van der Waals surface area contributed by atoms with Crippen molar-refractivity contribution in [1.29, 1.82) is 0 Å². The zero-order valence-electron chi connectivity index (χ0n) is 14.4. The fourth-order valence-electron chi connectivity index (χ4n) is 2.79. The van der Waals surface area contributed by atoms with E-state index in [0.29, 0.717) is 13.1 Å². The molecule has 0 aliphatic carbocycles. The highest BCUT2D eigenvalue weighted by molar-refractivity contribution is 5.85. The average molecular weight is 378 g/mol. The predicted octanol–water partition coefficient (Wildman–Crippen LogP) is 1.88. The zero-order valence-corrected chi connectivity index (χ0v) is 16.0. The Hall–Kier alpha value is -0.850. The van der Waals surface area contributed by atoms with Crippen LogP contribution in [0.1, 0.15) is 18.5 Å². The van der Waals surface area contributed by atoms with Crippen LogP contribution < -0.4 is 10.6 Å². The molecular formula is C17H29Cl2N3O2. The lowest BCUT2D eigenvalue weighted by molar-refractivity contribution is -0.124. The van der Waals surface area contributed by atoms with Crippen molar-refractivity contribution in [2.75, 3.05) is 46.4 Å². The van der Waals surface area contributed by atoms with E-state index in [2.05, 4.69) is 27.7 Å². The molecular weight excluding hydrogens is 349 g/mol. The third-order valence-corrected chi connectivity index (χ3v) is 4.10. The first kappa shape index (κ1) is 23.1. The van der Waals surface area contributed by atoms with Gasteiger partial charge in [0.2, 0.25) is 5.91 Å². The van der Waals surface area contributed by atoms with Crippen molar-refractivity contribution in [3.05, 3.63) is 35.9 Å². The summed E-state index contributed by atoms with van der Waals surface area (Å²) < 4.78 is 5.44. The molecule has 2 N–H and O–H groups in total. The number of hydrogen-bond donors (Lipinski definition) is 2. The van der Waals surface area contributed by atoms with Crippen LogP contribution in [0.15, 0.2) is 30.3 Å². The number of ether oxygens (including phenoxy) is 1. The summed E-state index contributed by atoms with van der Waals surface area (Å²) >= 11 is 0. The van der Waals surface area contributed by atoms with Crippen LogP contribution in [0.4, 0.5) is 0 Å². The number of halogens is 2. The Morgan fingerprint density at radius 2 is 1.79 bits per heavy atom. The van der Waals surface area contributed by atoms with Gasteiger partial charge in [0.25, 0.3) is 0 Å². The topological polar surface area (TPSA) is 53.6 Å². The van der Waals surface area contributed by atoms with Crippen molar-refractivity contribution in [3.8, 4) is 0 Å². The van der Waals surface area contributed by atoms with Crippen molar-refractivity contribution in [3.63, 3.8) is 0 Å². The first-order valence-corrected chi connectivity index (χ1v) is 8.01. The average Bonchev–Trinajstić information content (AvgIpc) is 2.57. The van der Waals surface area contributed by atoms with Gasteiger partial charge in [0.15, 0.2) is 0 Å². The maximum Gasteiger partial charge on any atom is 0.224 e. The number of carbonyl (C=O) groups excluding carboxylic acids is 1. The molecule has 1 amide bonds. The molecule has 1 aliphatic heterocycles. The molecule has 2 atom stereocenters. The standard InChI is InChI=1S/C17H27N3O2.2ClH/c1-14(12-18-2)17(21)19-13-16(15-6-4-3-5-7-15)20-8-10-22-11-9-20;;/h3-7,14,16,18H,8-13H2,1-2H3,(H,19,21);2*1H. The van der Waals surface area contributed by atoms with Gasteiger partial charge in [0, 0.05) is 32.1 Å². The van der Waals surface area contributed by atoms with Crippen LogP contribution >= 0.6 is 24.8 Å². The Kier molecular flexibility index (Phi) is 12.1. The molecule has 7 heteroatoms. The quantitative estimate of drug-likeness (QED) is 0.761. The first-order valence-electron chi connectivity index (χ1n) is 8.01. The largest absolute Gasteiger partial charge is 0.379 e. The number of nitrogens with zero attached hydrogens (tertiary/aromatic N) is 1. The van der Waals surface area contributed by atoms with Gasteiger partial charge in [-0.3, -0.25) is 9.69 Å². The first-order chi connectivity index (χ1) is 10.7. The molecule has 5 nitrogen and oxygen atoms in total. The van der Waals surface area contributed by atoms with Crippen molar-refractivity contribution in [2.45, 2.75) is 13.0 Å². The number of rotatable bonds is 7. The minimum Gasteiger partial charge on any atom is -0.379 e. The SMILES string of the molecule is CNCC(C)C(=O)NCC(c1ccccc1)N1CCOCC1.Cl.Cl. The van der Waals surface area contributed by atoms with Gasteiger partial charge in [-0.25, -0.2) is 0 Å². The highest BCUT2D eigenvalue weighted by Crippen LogP contribution is 2.21. The highest BCUT2D eigenvalue weighted by atomic mass is 35.5. The second-order valence-corrected chi connectivity index (χ2v) is 5.78. The lowest BCUT2D eigenvalue weighted by Gasteiger charge is -2.35. The smallest absolute Gasteiger partial charge is 0.224 e. The Labute approximate surface area is 157 Å². The molecule has 24 heavy (non-hydrogen) atoms. The van der Waals surface area contributed by atoms with Gasteiger partial charge in [-0.1, -0.05) is 37.3 Å². The van der Waals surface area contributed by atoms with E-state index in [1.165, 1.54) is 5.56 Å². The van der Waals surface area contributed by atoms with Crippen molar-refractivity contribution >= 4 is 30.7 Å². The molecule has 1 fully saturated rings. The van der Waals surface area contributed by atoms with Crippen LogP contribution in [0.25, 0.3) is 0 Å². The maximum atomic E-state index is 12.2. The molecule has 1 aliphatic rings. The van der Waals surface area contributed by atoms with Crippen molar-refractivity contribution in [2.24, 2.45) is 5.92 Å². The fraction of sp³-hybridized carbons (Fsp3) is 0.588. The summed E-state index contributed by atoms with van der Waals surface area (Å²) in [5.74, 6) is 0.0784. The molecule has 1 saturated heterocycles. The van der Waals surface area contributed by atoms with Gasteiger partial charge < -0.3 is 15.4 Å². The lowest BCUT2D eigenvalue weighted by Crippen LogP contribution is -2.45. The van der Waals surface area contributed by atoms with Crippen LogP contribution in [0.2, 0.25) is 0 Å². The normalized spacial score (nSPS) is 17.1. The minimum atomic E-state index is -0.0221. The van der Waals surface area contributed by atoms with Crippen LogP contribution in [0.3, 0.4) is 0 Å². The fourth-order valence-corrected chi connectivity index (χ4v) is 2.79. The van der Waals surface area contributed by atoms with Crippen LogP contribution in [0.5, 0.6) is 0 Å². The van der Waals surface area contributed by atoms with Crippen molar-refractivity contribution in [1.82, 2.24) is 15.5 Å². The van der Waals surface area contributed by atoms with E-state index in [9.17, 15) is 4.79 Å². The molecule has 0 bridgehead atoms. The number of benzene rings is 1. The molecule has 1 aromatic rings. The third-order valence-electron chi connectivity index (χ3n) is 4.10. The van der Waals surface area contributed by atoms with Crippen LogP contribution in [-0.4, -0.2) is 57.2 Å². The summed E-state index contributed by atoms with van der Waals surface area (Å²) in [7, 11) is 1.87. The summed E-state index contributed by atoms with van der Waals surface area (Å²) in [4.78, 5) is 14.5. The molecule has 138 valence electrons. The minimum absolute atomic E-state index is 0. The molecule has 0 radical (unpaired) electrons. The van der Waals surface area contributed by atoms with Gasteiger partial charge in [-0.2, -0.15) is 0 Å². The molecule has 0 spiro atoms. The summed E-state index contributed by atoms with van der Waals surface area (Å²) in [6.45, 7) is 6.60. The second-order valence-electron chi connectivity index (χ2n) is 5.78. The van der Waals surface area contributed by atoms with E-state index < -0.39 is 0 Å². The van der Waals surface area contributed by atoms with E-state index in [4.69, 9.17) is 4.74 Å². The maximum absolute atomic E-state index is 12.2. The molecule has 2 rings (SSSR count). The van der Waals surface area contributed by atoms with E-state index in [1.807, 2.05) is 32.2 Å². The predicted molar refractivity (Wildman–Crippen MR) is 102 cm³/mol. The Balaban J connectivity index is 0.00000264. The van der Waals surface area contributed by atoms with Gasteiger partial charge in [0.05, 0.1) is 19.3 Å². The van der Waals surface area contributed by atoms with Gasteiger partial charge >= 0.3 is 0 Å². The molecule has 0 aromatic heterocycles. The lowest BCUT2D eigenvalue weighted by atomic mass is 10.0.